The van der Waals surface area contributed by atoms with Gasteiger partial charge in [-0.15, -0.1) is 13.2 Å². The fourth-order valence-electron chi connectivity index (χ4n) is 2.57. The van der Waals surface area contributed by atoms with Crippen LogP contribution >= 0.6 is 0 Å². The standard InChI is InChI=1S/C15H27N3O/c1-4-10-18(11-5-2)15(19)12-17(3)14-8-6-13(16)7-9-14/h4-5,13-14H,1-2,6-12,16H2,3H3. The van der Waals surface area contributed by atoms with E-state index in [0.717, 1.165) is 25.7 Å². The second-order valence-corrected chi connectivity index (χ2v) is 5.36. The Balaban J connectivity index is 2.45. The lowest BCUT2D eigenvalue weighted by molar-refractivity contribution is -0.131. The van der Waals surface area contributed by atoms with Crippen LogP contribution in [0, 0.1) is 0 Å². The van der Waals surface area contributed by atoms with Crippen LogP contribution in [-0.2, 0) is 4.79 Å². The predicted octanol–water partition coefficient (Wildman–Crippen LogP) is 1.39. The largest absolute Gasteiger partial charge is 0.334 e. The Kier molecular flexibility index (Phi) is 6.81. The van der Waals surface area contributed by atoms with Gasteiger partial charge < -0.3 is 10.6 Å². The number of hydrogen-bond donors (Lipinski definition) is 1. The number of nitrogens with two attached hydrogens (primary N) is 1. The highest BCUT2D eigenvalue weighted by Gasteiger charge is 2.24. The van der Waals surface area contributed by atoms with Crippen molar-refractivity contribution in [3.63, 3.8) is 0 Å². The number of nitrogens with zero attached hydrogens (tertiary/aromatic N) is 2. The lowest BCUT2D eigenvalue weighted by atomic mass is 9.91. The second-order valence-electron chi connectivity index (χ2n) is 5.36. The van der Waals surface area contributed by atoms with E-state index >= 15 is 0 Å². The minimum atomic E-state index is 0.136. The SMILES string of the molecule is C=CCN(CC=C)C(=O)CN(C)C1CCC(N)CC1. The average Bonchev–Trinajstić information content (AvgIpc) is 2.39. The second kappa shape index (κ2) is 8.12. The van der Waals surface area contributed by atoms with Gasteiger partial charge in [-0.25, -0.2) is 0 Å². The maximum atomic E-state index is 12.2. The molecule has 0 bridgehead atoms. The first kappa shape index (κ1) is 15.9. The summed E-state index contributed by atoms with van der Waals surface area (Å²) >= 11 is 0. The summed E-state index contributed by atoms with van der Waals surface area (Å²) in [6.07, 6.45) is 7.81. The normalized spacial score (nSPS) is 23.1. The Labute approximate surface area is 116 Å². The van der Waals surface area contributed by atoms with Crippen molar-refractivity contribution < 1.29 is 4.79 Å². The Bertz CT molecular complexity index is 299. The molecule has 1 aliphatic rings. The first-order valence-electron chi connectivity index (χ1n) is 7.03. The molecule has 1 rings (SSSR count). The molecular formula is C15H27N3O. The lowest BCUT2D eigenvalue weighted by Crippen LogP contribution is -2.45. The van der Waals surface area contributed by atoms with E-state index in [1.54, 1.807) is 17.1 Å². The molecular weight excluding hydrogens is 238 g/mol. The molecule has 0 radical (unpaired) electrons. The number of rotatable bonds is 7. The molecule has 1 fully saturated rings. The molecule has 1 aliphatic carbocycles. The van der Waals surface area contributed by atoms with Crippen molar-refractivity contribution in [2.45, 2.75) is 37.8 Å². The Hall–Kier alpha value is -1.13. The van der Waals surface area contributed by atoms with Crippen molar-refractivity contribution in [1.29, 1.82) is 0 Å². The molecule has 0 aromatic carbocycles. The van der Waals surface area contributed by atoms with Gasteiger partial charge in [-0.2, -0.15) is 0 Å². The van der Waals surface area contributed by atoms with E-state index in [0.29, 0.717) is 31.7 Å². The molecule has 0 atom stereocenters. The monoisotopic (exact) mass is 265 g/mol. The summed E-state index contributed by atoms with van der Waals surface area (Å²) < 4.78 is 0. The molecule has 19 heavy (non-hydrogen) atoms. The molecule has 0 heterocycles. The van der Waals surface area contributed by atoms with Crippen molar-refractivity contribution in [2.24, 2.45) is 5.73 Å². The third-order valence-electron chi connectivity index (χ3n) is 3.80. The minimum Gasteiger partial charge on any atom is -0.334 e. The summed E-state index contributed by atoms with van der Waals surface area (Å²) in [4.78, 5) is 16.1. The van der Waals surface area contributed by atoms with E-state index < -0.39 is 0 Å². The van der Waals surface area contributed by atoms with E-state index in [1.165, 1.54) is 0 Å². The van der Waals surface area contributed by atoms with Crippen molar-refractivity contribution in [1.82, 2.24) is 9.80 Å². The van der Waals surface area contributed by atoms with Gasteiger partial charge in [-0.1, -0.05) is 12.2 Å². The summed E-state index contributed by atoms with van der Waals surface area (Å²) in [5.74, 6) is 0.136. The Morgan fingerprint density at radius 1 is 1.21 bits per heavy atom. The number of likely N-dealkylation sites (N-methyl/N-ethyl adjacent to an activating group) is 1. The fraction of sp³-hybridized carbons (Fsp3) is 0.667. The molecule has 0 saturated heterocycles. The fourth-order valence-corrected chi connectivity index (χ4v) is 2.57. The molecule has 2 N–H and O–H groups in total. The summed E-state index contributed by atoms with van der Waals surface area (Å²) in [6, 6.07) is 0.830. The van der Waals surface area contributed by atoms with Crippen LogP contribution in [0.15, 0.2) is 25.3 Å². The van der Waals surface area contributed by atoms with E-state index in [-0.39, 0.29) is 5.91 Å². The smallest absolute Gasteiger partial charge is 0.237 e. The highest BCUT2D eigenvalue weighted by molar-refractivity contribution is 5.78. The van der Waals surface area contributed by atoms with Crippen molar-refractivity contribution in [3.8, 4) is 0 Å². The molecule has 0 aliphatic heterocycles. The molecule has 0 unspecified atom stereocenters. The molecule has 1 amide bonds. The number of amides is 1. The Morgan fingerprint density at radius 3 is 2.21 bits per heavy atom. The zero-order chi connectivity index (χ0) is 14.3. The van der Waals surface area contributed by atoms with Crippen LogP contribution < -0.4 is 5.73 Å². The third kappa shape index (κ3) is 5.17. The van der Waals surface area contributed by atoms with Gasteiger partial charge in [0.15, 0.2) is 0 Å². The quantitative estimate of drug-likeness (QED) is 0.708. The van der Waals surface area contributed by atoms with Crippen LogP contribution in [0.5, 0.6) is 0 Å². The molecule has 0 aromatic rings. The highest BCUT2D eigenvalue weighted by Crippen LogP contribution is 2.21. The summed E-state index contributed by atoms with van der Waals surface area (Å²) in [7, 11) is 2.03. The van der Waals surface area contributed by atoms with Gasteiger partial charge in [0.05, 0.1) is 6.54 Å². The summed E-state index contributed by atoms with van der Waals surface area (Å²) in [5.41, 5.74) is 5.91. The molecule has 108 valence electrons. The zero-order valence-corrected chi connectivity index (χ0v) is 12.1. The number of carbonyl (C=O) groups excluding carboxylic acids is 1. The summed E-state index contributed by atoms with van der Waals surface area (Å²) in [5, 5.41) is 0. The predicted molar refractivity (Wildman–Crippen MR) is 79.8 cm³/mol. The van der Waals surface area contributed by atoms with Crippen molar-refractivity contribution >= 4 is 5.91 Å². The Morgan fingerprint density at radius 2 is 1.74 bits per heavy atom. The van der Waals surface area contributed by atoms with Crippen molar-refractivity contribution in [3.05, 3.63) is 25.3 Å². The van der Waals surface area contributed by atoms with Gasteiger partial charge in [0.2, 0.25) is 5.91 Å². The molecule has 0 aromatic heterocycles. The lowest BCUT2D eigenvalue weighted by Gasteiger charge is -2.34. The van der Waals surface area contributed by atoms with Gasteiger partial charge in [0.1, 0.15) is 0 Å². The highest BCUT2D eigenvalue weighted by atomic mass is 16.2. The average molecular weight is 265 g/mol. The van der Waals surface area contributed by atoms with Gasteiger partial charge in [-0.3, -0.25) is 9.69 Å². The number of hydrogen-bond acceptors (Lipinski definition) is 3. The number of carbonyl (C=O) groups is 1. The van der Waals surface area contributed by atoms with Gasteiger partial charge >= 0.3 is 0 Å². The van der Waals surface area contributed by atoms with Crippen LogP contribution in [-0.4, -0.2) is 54.5 Å². The van der Waals surface area contributed by atoms with Crippen molar-refractivity contribution in [2.75, 3.05) is 26.7 Å². The van der Waals surface area contributed by atoms with Crippen LogP contribution in [0.1, 0.15) is 25.7 Å². The van der Waals surface area contributed by atoms with Crippen LogP contribution in [0.2, 0.25) is 0 Å². The molecule has 4 heteroatoms. The minimum absolute atomic E-state index is 0.136. The maximum absolute atomic E-state index is 12.2. The van der Waals surface area contributed by atoms with E-state index in [2.05, 4.69) is 18.1 Å². The first-order valence-corrected chi connectivity index (χ1v) is 7.03. The van der Waals surface area contributed by atoms with Crippen LogP contribution in [0.25, 0.3) is 0 Å². The van der Waals surface area contributed by atoms with Crippen LogP contribution in [0.4, 0.5) is 0 Å². The van der Waals surface area contributed by atoms with Gasteiger partial charge in [-0.05, 0) is 32.7 Å². The van der Waals surface area contributed by atoms with E-state index in [1.807, 2.05) is 7.05 Å². The first-order chi connectivity index (χ1) is 9.08. The van der Waals surface area contributed by atoms with E-state index in [9.17, 15) is 4.79 Å². The zero-order valence-electron chi connectivity index (χ0n) is 12.1. The van der Waals surface area contributed by atoms with Gasteiger partial charge in [0, 0.05) is 25.2 Å². The maximum Gasteiger partial charge on any atom is 0.237 e. The molecule has 4 nitrogen and oxygen atoms in total. The van der Waals surface area contributed by atoms with Crippen LogP contribution in [0.3, 0.4) is 0 Å². The van der Waals surface area contributed by atoms with E-state index in [4.69, 9.17) is 5.73 Å². The summed E-state index contributed by atoms with van der Waals surface area (Å²) in [6.45, 7) is 8.99. The topological polar surface area (TPSA) is 49.6 Å². The third-order valence-corrected chi connectivity index (χ3v) is 3.80. The molecule has 1 saturated carbocycles. The van der Waals surface area contributed by atoms with Gasteiger partial charge in [0.25, 0.3) is 0 Å². The molecule has 0 spiro atoms.